The third kappa shape index (κ3) is 67.3. The Labute approximate surface area is 575 Å². The van der Waals surface area contributed by atoms with E-state index in [1.54, 1.807) is 0 Å². The monoisotopic (exact) mass is 1380 g/mol. The van der Waals surface area contributed by atoms with Crippen LogP contribution in [0.15, 0.2) is 0 Å². The van der Waals surface area contributed by atoms with E-state index in [9.17, 15) is 43.2 Å². The van der Waals surface area contributed by atoms with Gasteiger partial charge in [0, 0.05) is 25.7 Å². The Morgan fingerprint density at radius 3 is 0.755 bits per heavy atom. The molecule has 6 atom stereocenters. The number of hydrogen-bond acceptors (Lipinski definition) is 15. The van der Waals surface area contributed by atoms with Gasteiger partial charge in [-0.3, -0.25) is 37.3 Å². The molecule has 0 aliphatic rings. The highest BCUT2D eigenvalue weighted by Gasteiger charge is 2.30. The number of phosphoric ester groups is 2. The van der Waals surface area contributed by atoms with E-state index in [0.717, 1.165) is 114 Å². The lowest BCUT2D eigenvalue weighted by Gasteiger charge is -2.21. The molecule has 0 heterocycles. The number of rotatable bonds is 72. The van der Waals surface area contributed by atoms with Crippen LogP contribution >= 0.6 is 15.6 Å². The Morgan fingerprint density at radius 1 is 0.298 bits per heavy atom. The van der Waals surface area contributed by atoms with Gasteiger partial charge in [-0.15, -0.1) is 0 Å². The zero-order valence-corrected chi connectivity index (χ0v) is 63.4. The third-order valence-electron chi connectivity index (χ3n) is 17.7. The molecule has 0 rings (SSSR count). The largest absolute Gasteiger partial charge is 0.472 e. The normalized spacial score (nSPS) is 14.4. The van der Waals surface area contributed by atoms with Crippen molar-refractivity contribution in [2.45, 2.75) is 395 Å². The van der Waals surface area contributed by atoms with Crippen molar-refractivity contribution < 1.29 is 80.2 Å². The van der Waals surface area contributed by atoms with Crippen molar-refractivity contribution in [1.29, 1.82) is 0 Å². The number of hydrogen-bond donors (Lipinski definition) is 3. The van der Waals surface area contributed by atoms with Gasteiger partial charge in [0.05, 0.1) is 26.4 Å². The number of carbonyl (C=O) groups excluding carboxylic acids is 4. The van der Waals surface area contributed by atoms with Gasteiger partial charge in [-0.05, 0) is 49.4 Å². The van der Waals surface area contributed by atoms with Crippen LogP contribution < -0.4 is 0 Å². The van der Waals surface area contributed by atoms with Crippen LogP contribution in [0.4, 0.5) is 0 Å². The van der Waals surface area contributed by atoms with Gasteiger partial charge in [0.15, 0.2) is 12.2 Å². The van der Waals surface area contributed by atoms with Gasteiger partial charge in [0.1, 0.15) is 19.3 Å². The van der Waals surface area contributed by atoms with Gasteiger partial charge in [-0.25, -0.2) is 9.13 Å². The topological polar surface area (TPSA) is 237 Å². The molecule has 0 radical (unpaired) electrons. The van der Waals surface area contributed by atoms with Gasteiger partial charge in [0.2, 0.25) is 0 Å². The summed E-state index contributed by atoms with van der Waals surface area (Å²) in [6.07, 6.45) is 48.6. The second-order valence-electron chi connectivity index (χ2n) is 28.7. The number of aliphatic hydroxyl groups is 1. The van der Waals surface area contributed by atoms with Crippen molar-refractivity contribution in [1.82, 2.24) is 0 Å². The molecule has 0 saturated heterocycles. The van der Waals surface area contributed by atoms with E-state index >= 15 is 0 Å². The van der Waals surface area contributed by atoms with Gasteiger partial charge in [-0.1, -0.05) is 325 Å². The summed E-state index contributed by atoms with van der Waals surface area (Å²) in [5, 5.41) is 10.6. The number of aliphatic hydroxyl groups excluding tert-OH is 1. The average Bonchev–Trinajstić information content (AvgIpc) is 3.48. The Hall–Kier alpha value is -1.94. The first-order valence-corrected chi connectivity index (χ1v) is 41.7. The van der Waals surface area contributed by atoms with Crippen LogP contribution in [0.3, 0.4) is 0 Å². The van der Waals surface area contributed by atoms with Crippen LogP contribution in [-0.2, 0) is 65.4 Å². The molecule has 0 aliphatic carbocycles. The lowest BCUT2D eigenvalue weighted by Crippen LogP contribution is -2.30. The zero-order chi connectivity index (χ0) is 69.6. The highest BCUT2D eigenvalue weighted by atomic mass is 31.2. The van der Waals surface area contributed by atoms with Crippen LogP contribution in [0.5, 0.6) is 0 Å². The molecule has 0 aliphatic heterocycles. The molecule has 0 bridgehead atoms. The first-order valence-electron chi connectivity index (χ1n) is 38.7. The molecule has 19 heteroatoms. The molecule has 17 nitrogen and oxygen atoms in total. The lowest BCUT2D eigenvalue weighted by molar-refractivity contribution is -0.161. The van der Waals surface area contributed by atoms with Gasteiger partial charge < -0.3 is 33.8 Å². The summed E-state index contributed by atoms with van der Waals surface area (Å²) in [5.74, 6) is 0.929. The Balaban J connectivity index is 5.26. The minimum atomic E-state index is -4.96. The standard InChI is InChI=1S/C75H146O17P2/c1-9-68(8)54-46-38-30-24-25-33-42-50-58-75(80)92-71(62-86-73(78)56-48-40-34-26-29-37-45-53-67(6)7)64-90-94(83,84)88-60-69(76)59-87-93(81,82)89-63-70(91-74(79)57-49-41-32-23-19-15-11-13-17-21-28-36-44-52-66(4)5)61-85-72(77)55-47-39-31-22-18-14-10-12-16-20-27-35-43-51-65(2)3/h65-71,76H,9-64H2,1-8H3,(H,81,82)(H,83,84)/t68?,69?,70-,71-/m1/s1. The summed E-state index contributed by atoms with van der Waals surface area (Å²) in [6.45, 7) is 14.2. The number of esters is 4. The third-order valence-corrected chi connectivity index (χ3v) is 19.6. The van der Waals surface area contributed by atoms with E-state index in [4.69, 9.17) is 37.0 Å². The predicted molar refractivity (Wildman–Crippen MR) is 381 cm³/mol. The molecule has 0 aromatic heterocycles. The van der Waals surface area contributed by atoms with E-state index in [1.807, 2.05) is 0 Å². The smallest absolute Gasteiger partial charge is 0.462 e. The quantitative estimate of drug-likeness (QED) is 0.0222. The minimum Gasteiger partial charge on any atom is -0.462 e. The zero-order valence-electron chi connectivity index (χ0n) is 61.6. The molecule has 0 amide bonds. The van der Waals surface area contributed by atoms with Crippen molar-refractivity contribution >= 4 is 39.5 Å². The predicted octanol–water partition coefficient (Wildman–Crippen LogP) is 21.7. The summed E-state index contributed by atoms with van der Waals surface area (Å²) in [5.41, 5.74) is 0. The van der Waals surface area contributed by atoms with Crippen molar-refractivity contribution in [2.24, 2.45) is 23.7 Å². The summed E-state index contributed by atoms with van der Waals surface area (Å²) in [6, 6.07) is 0. The van der Waals surface area contributed by atoms with E-state index in [1.165, 1.54) is 173 Å². The molecule has 0 aromatic carbocycles. The molecule has 0 fully saturated rings. The van der Waals surface area contributed by atoms with E-state index in [2.05, 4.69) is 55.4 Å². The fourth-order valence-electron chi connectivity index (χ4n) is 11.3. The van der Waals surface area contributed by atoms with Crippen molar-refractivity contribution in [3.63, 3.8) is 0 Å². The van der Waals surface area contributed by atoms with E-state index in [-0.39, 0.29) is 25.7 Å². The molecular weight excluding hydrogens is 1230 g/mol. The number of ether oxygens (including phenoxy) is 4. The van der Waals surface area contributed by atoms with Crippen molar-refractivity contribution in [2.75, 3.05) is 39.6 Å². The van der Waals surface area contributed by atoms with Gasteiger partial charge in [0.25, 0.3) is 0 Å². The Bertz CT molecular complexity index is 1850. The first-order chi connectivity index (χ1) is 45.1. The van der Waals surface area contributed by atoms with Crippen molar-refractivity contribution in [3.05, 3.63) is 0 Å². The molecule has 558 valence electrons. The molecular formula is C75H146O17P2. The molecule has 4 unspecified atom stereocenters. The fourth-order valence-corrected chi connectivity index (χ4v) is 12.9. The van der Waals surface area contributed by atoms with E-state index < -0.39 is 97.5 Å². The van der Waals surface area contributed by atoms with Gasteiger partial charge in [-0.2, -0.15) is 0 Å². The number of unbranched alkanes of at least 4 members (excludes halogenated alkanes) is 37. The number of phosphoric acid groups is 2. The Kier molecular flexibility index (Phi) is 63.1. The molecule has 0 aromatic rings. The average molecular weight is 1380 g/mol. The summed E-state index contributed by atoms with van der Waals surface area (Å²) in [7, 11) is -9.91. The van der Waals surface area contributed by atoms with Crippen LogP contribution in [-0.4, -0.2) is 96.7 Å². The maximum absolute atomic E-state index is 13.1. The summed E-state index contributed by atoms with van der Waals surface area (Å²) >= 11 is 0. The second kappa shape index (κ2) is 64.4. The fraction of sp³-hybridized carbons (Fsp3) is 0.947. The van der Waals surface area contributed by atoms with Crippen molar-refractivity contribution in [3.8, 4) is 0 Å². The Morgan fingerprint density at radius 2 is 0.511 bits per heavy atom. The molecule has 3 N–H and O–H groups in total. The second-order valence-corrected chi connectivity index (χ2v) is 31.6. The highest BCUT2D eigenvalue weighted by Crippen LogP contribution is 2.45. The van der Waals surface area contributed by atoms with Gasteiger partial charge >= 0.3 is 39.5 Å². The summed E-state index contributed by atoms with van der Waals surface area (Å²) < 4.78 is 68.5. The summed E-state index contributed by atoms with van der Waals surface area (Å²) in [4.78, 5) is 72.8. The molecule has 0 saturated carbocycles. The maximum atomic E-state index is 13.1. The lowest BCUT2D eigenvalue weighted by atomic mass is 9.99. The maximum Gasteiger partial charge on any atom is 0.472 e. The van der Waals surface area contributed by atoms with Crippen LogP contribution in [0.2, 0.25) is 0 Å². The minimum absolute atomic E-state index is 0.104. The first kappa shape index (κ1) is 92.1. The van der Waals surface area contributed by atoms with Crippen LogP contribution in [0.25, 0.3) is 0 Å². The van der Waals surface area contributed by atoms with Crippen LogP contribution in [0, 0.1) is 23.7 Å². The van der Waals surface area contributed by atoms with E-state index in [0.29, 0.717) is 31.6 Å². The highest BCUT2D eigenvalue weighted by molar-refractivity contribution is 7.47. The SMILES string of the molecule is CCC(C)CCCCCCCCCCC(=O)O[C@H](COC(=O)CCCCCCCCCC(C)C)COP(=O)(O)OCC(O)COP(=O)(O)OC[C@@H](COC(=O)CCCCCCCCCCCCCCCC(C)C)OC(=O)CCCCCCCCCCCCCCCC(C)C. The van der Waals surface area contributed by atoms with Crippen LogP contribution in [0.1, 0.15) is 376 Å². The molecule has 0 spiro atoms. The molecule has 94 heavy (non-hydrogen) atoms. The number of carbonyl (C=O) groups is 4.